The Labute approximate surface area is 131 Å². The normalized spacial score (nSPS) is 13.4. The monoisotopic (exact) mass is 338 g/mol. The molecule has 0 aliphatic carbocycles. The van der Waals surface area contributed by atoms with Gasteiger partial charge in [0.25, 0.3) is 0 Å². The van der Waals surface area contributed by atoms with Crippen molar-refractivity contribution in [2.24, 2.45) is 0 Å². The van der Waals surface area contributed by atoms with Crippen LogP contribution in [0.15, 0.2) is 0 Å². The van der Waals surface area contributed by atoms with Crippen molar-refractivity contribution in [2.75, 3.05) is 19.5 Å². The number of rotatable bonds is 8. The molecule has 0 aliphatic rings. The second-order valence-corrected chi connectivity index (χ2v) is 7.57. The van der Waals surface area contributed by atoms with E-state index in [0.717, 1.165) is 0 Å². The van der Waals surface area contributed by atoms with Gasteiger partial charge in [-0.1, -0.05) is 0 Å². The molecule has 0 aromatic rings. The second-order valence-electron chi connectivity index (χ2n) is 5.51. The summed E-state index contributed by atoms with van der Waals surface area (Å²) in [6.45, 7) is 10.4. The fourth-order valence-electron chi connectivity index (χ4n) is 1.40. The largest absolute Gasteiger partial charge is 0.444 e. The molecule has 22 heavy (non-hydrogen) atoms. The highest BCUT2D eigenvalue weighted by Crippen LogP contribution is 2.46. The summed E-state index contributed by atoms with van der Waals surface area (Å²) in [4.78, 5) is 23.4. The van der Waals surface area contributed by atoms with E-state index in [1.54, 1.807) is 34.6 Å². The smallest absolute Gasteiger partial charge is 0.408 e. The zero-order chi connectivity index (χ0) is 17.4. The Balaban J connectivity index is 4.41. The van der Waals surface area contributed by atoms with Gasteiger partial charge in [-0.15, -0.1) is 0 Å². The summed E-state index contributed by atoms with van der Waals surface area (Å²) < 4.78 is 27.3. The molecular weight excluding hydrogens is 311 g/mol. The van der Waals surface area contributed by atoms with E-state index in [1.165, 1.54) is 6.92 Å². The molecule has 2 N–H and O–H groups in total. The maximum absolute atomic E-state index is 12.2. The number of alkyl carbamates (subject to hydrolysis) is 1. The fraction of sp³-hybridized carbons (Fsp3) is 0.846. The number of hydrogen-bond donors (Lipinski definition) is 2. The maximum Gasteiger partial charge on any atom is 0.408 e. The Morgan fingerprint density at radius 3 is 2.05 bits per heavy atom. The van der Waals surface area contributed by atoms with Crippen LogP contribution < -0.4 is 10.6 Å². The van der Waals surface area contributed by atoms with Gasteiger partial charge in [-0.2, -0.15) is 0 Å². The highest BCUT2D eigenvalue weighted by Gasteiger charge is 2.26. The van der Waals surface area contributed by atoms with Crippen molar-refractivity contribution in [1.29, 1.82) is 0 Å². The summed E-state index contributed by atoms with van der Waals surface area (Å²) in [5.74, 6) is -0.509. The zero-order valence-electron chi connectivity index (χ0n) is 14.1. The summed E-state index contributed by atoms with van der Waals surface area (Å²) in [5, 5.41) is 4.83. The summed E-state index contributed by atoms with van der Waals surface area (Å²) in [5.41, 5.74) is -0.653. The van der Waals surface area contributed by atoms with Crippen LogP contribution in [0.4, 0.5) is 4.79 Å². The van der Waals surface area contributed by atoms with E-state index < -0.39 is 31.2 Å². The van der Waals surface area contributed by atoms with E-state index >= 15 is 0 Å². The second kappa shape index (κ2) is 9.12. The van der Waals surface area contributed by atoms with Crippen molar-refractivity contribution < 1.29 is 27.9 Å². The SMILES string of the molecule is CCOP(=O)(CNC(=O)C(C)NC(=O)OC(C)(C)C)OCC. The van der Waals surface area contributed by atoms with Crippen LogP contribution in [-0.2, 0) is 23.1 Å². The zero-order valence-corrected chi connectivity index (χ0v) is 15.0. The first-order valence-electron chi connectivity index (χ1n) is 7.18. The van der Waals surface area contributed by atoms with Crippen LogP contribution in [0.1, 0.15) is 41.5 Å². The predicted octanol–water partition coefficient (Wildman–Crippen LogP) is 2.24. The lowest BCUT2D eigenvalue weighted by Gasteiger charge is -2.22. The molecule has 8 nitrogen and oxygen atoms in total. The van der Waals surface area contributed by atoms with E-state index in [1.807, 2.05) is 0 Å². The van der Waals surface area contributed by atoms with Gasteiger partial charge < -0.3 is 24.4 Å². The fourth-order valence-corrected chi connectivity index (χ4v) is 2.79. The topological polar surface area (TPSA) is 103 Å². The average molecular weight is 338 g/mol. The summed E-state index contributed by atoms with van der Waals surface area (Å²) in [7, 11) is -3.36. The van der Waals surface area contributed by atoms with Crippen molar-refractivity contribution in [1.82, 2.24) is 10.6 Å². The van der Waals surface area contributed by atoms with Gasteiger partial charge in [0.2, 0.25) is 5.91 Å². The molecule has 0 spiro atoms. The third-order valence-electron chi connectivity index (χ3n) is 2.23. The first kappa shape index (κ1) is 20.9. The molecule has 0 saturated carbocycles. The first-order chi connectivity index (χ1) is 10.0. The minimum atomic E-state index is -3.36. The average Bonchev–Trinajstić information content (AvgIpc) is 2.34. The molecule has 1 unspecified atom stereocenters. The van der Waals surface area contributed by atoms with Gasteiger partial charge in [-0.25, -0.2) is 4.79 Å². The van der Waals surface area contributed by atoms with Crippen molar-refractivity contribution in [2.45, 2.75) is 53.2 Å². The number of nitrogens with one attached hydrogen (secondary N) is 2. The van der Waals surface area contributed by atoms with E-state index in [-0.39, 0.29) is 19.5 Å². The van der Waals surface area contributed by atoms with Crippen molar-refractivity contribution in [3.8, 4) is 0 Å². The third kappa shape index (κ3) is 9.02. The molecule has 0 radical (unpaired) electrons. The summed E-state index contributed by atoms with van der Waals surface area (Å²) in [6.07, 6.45) is -0.957. The van der Waals surface area contributed by atoms with Crippen molar-refractivity contribution in [3.63, 3.8) is 0 Å². The lowest BCUT2D eigenvalue weighted by Crippen LogP contribution is -2.46. The molecule has 9 heteroatoms. The number of carbonyl (C=O) groups excluding carboxylic acids is 2. The molecule has 0 saturated heterocycles. The summed E-state index contributed by atoms with van der Waals surface area (Å²) in [6, 6.07) is -0.841. The highest BCUT2D eigenvalue weighted by atomic mass is 31.2. The Morgan fingerprint density at radius 2 is 1.64 bits per heavy atom. The quantitative estimate of drug-likeness (QED) is 0.658. The Kier molecular flexibility index (Phi) is 8.66. The number of ether oxygens (including phenoxy) is 1. The molecule has 2 amide bonds. The molecular formula is C13H27N2O6P. The molecule has 0 fully saturated rings. The van der Waals surface area contributed by atoms with Gasteiger partial charge in [-0.05, 0) is 41.5 Å². The number of amides is 2. The Morgan fingerprint density at radius 1 is 1.14 bits per heavy atom. The molecule has 0 aromatic carbocycles. The lowest BCUT2D eigenvalue weighted by atomic mass is 10.2. The molecule has 0 heterocycles. The van der Waals surface area contributed by atoms with E-state index in [0.29, 0.717) is 0 Å². The van der Waals surface area contributed by atoms with Crippen LogP contribution >= 0.6 is 7.60 Å². The standard InChI is InChI=1S/C13H27N2O6P/c1-7-19-22(18,20-8-2)9-14-11(16)10(3)15-12(17)21-13(4,5)6/h10H,7-9H2,1-6H3,(H,14,16)(H,15,17). The van der Waals surface area contributed by atoms with E-state index in [9.17, 15) is 14.2 Å². The molecule has 0 aromatic heterocycles. The Hall–Kier alpha value is -1.11. The molecule has 1 atom stereocenters. The van der Waals surface area contributed by atoms with E-state index in [4.69, 9.17) is 13.8 Å². The van der Waals surface area contributed by atoms with Crippen LogP contribution in [0.5, 0.6) is 0 Å². The molecule has 0 aliphatic heterocycles. The maximum atomic E-state index is 12.2. The van der Waals surface area contributed by atoms with E-state index in [2.05, 4.69) is 10.6 Å². The number of carbonyl (C=O) groups is 2. The Bertz CT molecular complexity index is 411. The van der Waals surface area contributed by atoms with Crippen LogP contribution in [-0.4, -0.2) is 43.1 Å². The van der Waals surface area contributed by atoms with Gasteiger partial charge in [0.1, 0.15) is 17.9 Å². The van der Waals surface area contributed by atoms with Crippen molar-refractivity contribution >= 4 is 19.6 Å². The van der Waals surface area contributed by atoms with Crippen LogP contribution in [0, 0.1) is 0 Å². The molecule has 130 valence electrons. The molecule has 0 rings (SSSR count). The van der Waals surface area contributed by atoms with Crippen LogP contribution in [0.25, 0.3) is 0 Å². The van der Waals surface area contributed by atoms with Gasteiger partial charge in [0, 0.05) is 0 Å². The van der Waals surface area contributed by atoms with Crippen LogP contribution in [0.2, 0.25) is 0 Å². The predicted molar refractivity (Wildman–Crippen MR) is 82.7 cm³/mol. The van der Waals surface area contributed by atoms with Gasteiger partial charge in [-0.3, -0.25) is 9.36 Å². The van der Waals surface area contributed by atoms with Gasteiger partial charge in [0.05, 0.1) is 13.2 Å². The molecule has 0 bridgehead atoms. The highest BCUT2D eigenvalue weighted by molar-refractivity contribution is 7.53. The summed E-state index contributed by atoms with van der Waals surface area (Å²) >= 11 is 0. The number of hydrogen-bond acceptors (Lipinski definition) is 6. The van der Waals surface area contributed by atoms with Gasteiger partial charge in [0.15, 0.2) is 0 Å². The third-order valence-corrected chi connectivity index (χ3v) is 4.07. The van der Waals surface area contributed by atoms with Crippen molar-refractivity contribution in [3.05, 3.63) is 0 Å². The first-order valence-corrected chi connectivity index (χ1v) is 8.91. The minimum Gasteiger partial charge on any atom is -0.444 e. The minimum absolute atomic E-state index is 0.207. The van der Waals surface area contributed by atoms with Crippen LogP contribution in [0.3, 0.4) is 0 Å². The van der Waals surface area contributed by atoms with Gasteiger partial charge >= 0.3 is 13.7 Å². The lowest BCUT2D eigenvalue weighted by molar-refractivity contribution is -0.122.